The van der Waals surface area contributed by atoms with Crippen molar-refractivity contribution in [1.82, 2.24) is 0 Å². The zero-order valence-electron chi connectivity index (χ0n) is 10.2. The first-order valence-electron chi connectivity index (χ1n) is 5.76. The molecule has 0 saturated carbocycles. The molecule has 0 aliphatic carbocycles. The van der Waals surface area contributed by atoms with Gasteiger partial charge in [-0.1, -0.05) is 54.1 Å². The smallest absolute Gasteiger partial charge is 0.190 e. The summed E-state index contributed by atoms with van der Waals surface area (Å²) in [6.45, 7) is 9.08. The van der Waals surface area contributed by atoms with Crippen LogP contribution in [-0.2, 0) is 6.42 Å². The van der Waals surface area contributed by atoms with Gasteiger partial charge in [0, 0.05) is 12.0 Å². The first-order valence-corrected chi connectivity index (χ1v) is 5.76. The van der Waals surface area contributed by atoms with E-state index in [1.165, 1.54) is 0 Å². The van der Waals surface area contributed by atoms with Crippen LogP contribution in [0.1, 0.15) is 21.5 Å². The molecule has 0 bridgehead atoms. The maximum absolute atomic E-state index is 12.1. The molecule has 0 atom stereocenters. The average Bonchev–Trinajstić information content (AvgIpc) is 2.40. The van der Waals surface area contributed by atoms with Gasteiger partial charge in [-0.05, 0) is 12.5 Å². The van der Waals surface area contributed by atoms with Crippen LogP contribution in [-0.4, -0.2) is 5.78 Å². The van der Waals surface area contributed by atoms with Crippen LogP contribution in [0.2, 0.25) is 0 Å². The quantitative estimate of drug-likeness (QED) is 0.582. The minimum Gasteiger partial charge on any atom is -0.294 e. The van der Waals surface area contributed by atoms with E-state index in [2.05, 4.69) is 4.85 Å². The molecule has 0 spiro atoms. The molecule has 0 aromatic heterocycles. The summed E-state index contributed by atoms with van der Waals surface area (Å²) >= 11 is 0. The molecule has 88 valence electrons. The van der Waals surface area contributed by atoms with Crippen LogP contribution >= 0.6 is 0 Å². The monoisotopic (exact) mass is 235 g/mol. The Labute approximate surface area is 107 Å². The fourth-order valence-corrected chi connectivity index (χ4v) is 1.86. The highest BCUT2D eigenvalue weighted by Crippen LogP contribution is 2.22. The molecule has 0 radical (unpaired) electrons. The molecule has 0 N–H and O–H groups in total. The molecule has 2 aromatic rings. The summed E-state index contributed by atoms with van der Waals surface area (Å²) in [4.78, 5) is 15.5. The van der Waals surface area contributed by atoms with Crippen LogP contribution in [0.5, 0.6) is 0 Å². The van der Waals surface area contributed by atoms with Gasteiger partial charge in [-0.15, -0.1) is 0 Å². The van der Waals surface area contributed by atoms with E-state index in [9.17, 15) is 4.79 Å². The molecule has 2 rings (SSSR count). The topological polar surface area (TPSA) is 21.4 Å². The Morgan fingerprint density at radius 1 is 1.17 bits per heavy atom. The lowest BCUT2D eigenvalue weighted by Gasteiger charge is -2.05. The van der Waals surface area contributed by atoms with Gasteiger partial charge in [-0.2, -0.15) is 0 Å². The van der Waals surface area contributed by atoms with Gasteiger partial charge in [-0.25, -0.2) is 4.85 Å². The molecule has 2 aromatic carbocycles. The molecule has 0 amide bonds. The molecular formula is C16H13NO. The zero-order chi connectivity index (χ0) is 13.0. The van der Waals surface area contributed by atoms with Gasteiger partial charge >= 0.3 is 0 Å². The van der Waals surface area contributed by atoms with Crippen molar-refractivity contribution in [2.75, 3.05) is 0 Å². The van der Waals surface area contributed by atoms with Crippen LogP contribution in [0.3, 0.4) is 0 Å². The van der Waals surface area contributed by atoms with Crippen molar-refractivity contribution in [2.45, 2.75) is 13.3 Å². The van der Waals surface area contributed by atoms with Crippen molar-refractivity contribution in [3.8, 4) is 0 Å². The fourth-order valence-electron chi connectivity index (χ4n) is 1.86. The summed E-state index contributed by atoms with van der Waals surface area (Å²) in [6, 6.07) is 14.8. The normalized spacial score (nSPS) is 9.78. The van der Waals surface area contributed by atoms with Gasteiger partial charge in [0.25, 0.3) is 0 Å². The maximum atomic E-state index is 12.1. The third kappa shape index (κ3) is 2.64. The molecule has 0 heterocycles. The Morgan fingerprint density at radius 2 is 1.89 bits per heavy atom. The number of nitrogens with zero attached hydrogens (tertiary/aromatic N) is 1. The van der Waals surface area contributed by atoms with Crippen molar-refractivity contribution in [2.24, 2.45) is 0 Å². The zero-order valence-corrected chi connectivity index (χ0v) is 10.2. The molecule has 0 fully saturated rings. The highest BCUT2D eigenvalue weighted by molar-refractivity contribution is 5.98. The molecule has 18 heavy (non-hydrogen) atoms. The van der Waals surface area contributed by atoms with E-state index >= 15 is 0 Å². The second-order valence-electron chi connectivity index (χ2n) is 4.21. The number of hydrogen-bond donors (Lipinski definition) is 0. The van der Waals surface area contributed by atoms with Crippen molar-refractivity contribution in [3.05, 3.63) is 76.6 Å². The van der Waals surface area contributed by atoms with Gasteiger partial charge in [0.2, 0.25) is 0 Å². The summed E-state index contributed by atoms with van der Waals surface area (Å²) in [5.74, 6) is 0.0473. The molecule has 0 saturated heterocycles. The Balaban J connectivity index is 2.28. The van der Waals surface area contributed by atoms with E-state index in [0.717, 1.165) is 11.1 Å². The average molecular weight is 235 g/mol. The number of benzene rings is 2. The van der Waals surface area contributed by atoms with Crippen molar-refractivity contribution in [3.63, 3.8) is 0 Å². The molecular weight excluding hydrogens is 222 g/mol. The Bertz CT molecular complexity index is 609. The molecule has 0 unspecified atom stereocenters. The summed E-state index contributed by atoms with van der Waals surface area (Å²) in [6.07, 6.45) is 0.281. The highest BCUT2D eigenvalue weighted by Gasteiger charge is 2.10. The SMILES string of the molecule is [C-]#[N+]c1ccc(C)cc1CC(=O)c1ccccc1. The second kappa shape index (κ2) is 5.29. The van der Waals surface area contributed by atoms with Crippen molar-refractivity contribution < 1.29 is 4.79 Å². The highest BCUT2D eigenvalue weighted by atomic mass is 16.1. The second-order valence-corrected chi connectivity index (χ2v) is 4.21. The van der Waals surface area contributed by atoms with Gasteiger partial charge < -0.3 is 0 Å². The molecule has 2 heteroatoms. The number of carbonyl (C=O) groups excluding carboxylic acids is 1. The van der Waals surface area contributed by atoms with Crippen LogP contribution < -0.4 is 0 Å². The van der Waals surface area contributed by atoms with Gasteiger partial charge in [0.1, 0.15) is 0 Å². The lowest BCUT2D eigenvalue weighted by atomic mass is 10.0. The number of hydrogen-bond acceptors (Lipinski definition) is 1. The van der Waals surface area contributed by atoms with Crippen molar-refractivity contribution in [1.29, 1.82) is 0 Å². The predicted octanol–water partition coefficient (Wildman–Crippen LogP) is 3.97. The lowest BCUT2D eigenvalue weighted by Crippen LogP contribution is -2.03. The van der Waals surface area contributed by atoms with Crippen LogP contribution in [0, 0.1) is 13.5 Å². The standard InChI is InChI=1S/C16H13NO/c1-12-8-9-15(17-2)14(10-12)11-16(18)13-6-4-3-5-7-13/h3-10H,11H2,1H3. The minimum atomic E-state index is 0.0473. The lowest BCUT2D eigenvalue weighted by molar-refractivity contribution is 0.0993. The van der Waals surface area contributed by atoms with Gasteiger partial charge in [0.05, 0.1) is 6.57 Å². The van der Waals surface area contributed by atoms with E-state index in [4.69, 9.17) is 6.57 Å². The van der Waals surface area contributed by atoms with Crippen LogP contribution in [0.15, 0.2) is 48.5 Å². The maximum Gasteiger partial charge on any atom is 0.190 e. The summed E-state index contributed by atoms with van der Waals surface area (Å²) < 4.78 is 0. The molecule has 0 aliphatic rings. The van der Waals surface area contributed by atoms with E-state index in [1.54, 1.807) is 18.2 Å². The fraction of sp³-hybridized carbons (Fsp3) is 0.125. The number of aryl methyl sites for hydroxylation is 1. The summed E-state index contributed by atoms with van der Waals surface area (Å²) in [5.41, 5.74) is 3.12. The molecule has 0 aliphatic heterocycles. The number of rotatable bonds is 3. The third-order valence-electron chi connectivity index (χ3n) is 2.80. The number of Topliss-reactive ketones (excluding diaryl/α,β-unsaturated/α-hetero) is 1. The summed E-state index contributed by atoms with van der Waals surface area (Å²) in [5, 5.41) is 0. The Morgan fingerprint density at radius 3 is 2.56 bits per heavy atom. The van der Waals surface area contributed by atoms with Crippen LogP contribution in [0.25, 0.3) is 4.85 Å². The van der Waals surface area contributed by atoms with Gasteiger partial charge in [-0.3, -0.25) is 4.79 Å². The van der Waals surface area contributed by atoms with E-state index in [1.807, 2.05) is 37.3 Å². The largest absolute Gasteiger partial charge is 0.294 e. The number of carbonyl (C=O) groups is 1. The van der Waals surface area contributed by atoms with Crippen LogP contribution in [0.4, 0.5) is 5.69 Å². The van der Waals surface area contributed by atoms with E-state index in [-0.39, 0.29) is 12.2 Å². The van der Waals surface area contributed by atoms with E-state index < -0.39 is 0 Å². The number of ketones is 1. The summed E-state index contributed by atoms with van der Waals surface area (Å²) in [7, 11) is 0. The Kier molecular flexibility index (Phi) is 3.54. The Hall–Kier alpha value is -2.40. The van der Waals surface area contributed by atoms with Gasteiger partial charge in [0.15, 0.2) is 11.5 Å². The first-order chi connectivity index (χ1) is 8.70. The first kappa shape index (κ1) is 12.1. The van der Waals surface area contributed by atoms with E-state index in [0.29, 0.717) is 11.3 Å². The predicted molar refractivity (Wildman–Crippen MR) is 71.9 cm³/mol. The van der Waals surface area contributed by atoms with Crippen molar-refractivity contribution >= 4 is 11.5 Å². The molecule has 2 nitrogen and oxygen atoms in total. The minimum absolute atomic E-state index is 0.0473. The third-order valence-corrected chi connectivity index (χ3v) is 2.80.